The molecule has 2 aromatic heterocycles. The van der Waals surface area contributed by atoms with E-state index in [4.69, 9.17) is 11.6 Å². The Morgan fingerprint density at radius 3 is 3.00 bits per heavy atom. The van der Waals surface area contributed by atoms with Gasteiger partial charge in [-0.15, -0.1) is 11.3 Å². The van der Waals surface area contributed by atoms with E-state index < -0.39 is 0 Å². The van der Waals surface area contributed by atoms with Gasteiger partial charge in [-0.3, -0.25) is 0 Å². The van der Waals surface area contributed by atoms with Gasteiger partial charge in [-0.1, -0.05) is 11.6 Å². The molecule has 0 saturated carbocycles. The van der Waals surface area contributed by atoms with E-state index in [9.17, 15) is 5.26 Å². The second-order valence-corrected chi connectivity index (χ2v) is 6.10. The van der Waals surface area contributed by atoms with Crippen LogP contribution in [0.1, 0.15) is 10.6 Å². The van der Waals surface area contributed by atoms with Crippen LogP contribution < -0.4 is 0 Å². The number of thiazole rings is 1. The molecular formula is C14H7ClN2S2. The number of nitrogens with zero attached hydrogens (tertiary/aromatic N) is 2. The van der Waals surface area contributed by atoms with Crippen LogP contribution in [0.25, 0.3) is 21.9 Å². The molecule has 19 heavy (non-hydrogen) atoms. The Labute approximate surface area is 123 Å². The van der Waals surface area contributed by atoms with Crippen LogP contribution in [0.5, 0.6) is 0 Å². The lowest BCUT2D eigenvalue weighted by Gasteiger charge is -1.90. The molecule has 0 radical (unpaired) electrons. The fourth-order valence-electron chi connectivity index (χ4n) is 1.68. The van der Waals surface area contributed by atoms with Gasteiger partial charge in [0.1, 0.15) is 11.1 Å². The van der Waals surface area contributed by atoms with Gasteiger partial charge in [0.25, 0.3) is 0 Å². The quantitative estimate of drug-likeness (QED) is 0.619. The number of rotatable bonds is 2. The Balaban J connectivity index is 2.10. The number of hydrogen-bond acceptors (Lipinski definition) is 4. The summed E-state index contributed by atoms with van der Waals surface area (Å²) >= 11 is 9.05. The number of benzene rings is 1. The molecule has 0 unspecified atom stereocenters. The van der Waals surface area contributed by atoms with Crippen LogP contribution >= 0.6 is 34.3 Å². The molecule has 0 saturated heterocycles. The van der Waals surface area contributed by atoms with Crippen LogP contribution in [0.4, 0.5) is 0 Å². The normalized spacial score (nSPS) is 11.7. The first-order valence-electron chi connectivity index (χ1n) is 5.47. The first kappa shape index (κ1) is 12.4. The van der Waals surface area contributed by atoms with E-state index >= 15 is 0 Å². The summed E-state index contributed by atoms with van der Waals surface area (Å²) in [6.45, 7) is 0. The molecule has 0 bridgehead atoms. The van der Waals surface area contributed by atoms with Gasteiger partial charge in [0.05, 0.1) is 15.8 Å². The molecule has 2 nitrogen and oxygen atoms in total. The number of fused-ring (bicyclic) bond motifs is 1. The third-order valence-corrected chi connectivity index (χ3v) is 4.56. The highest BCUT2D eigenvalue weighted by molar-refractivity contribution is 7.19. The summed E-state index contributed by atoms with van der Waals surface area (Å²) in [6.07, 6.45) is 1.86. The molecule has 5 heteroatoms. The molecule has 0 N–H and O–H groups in total. The minimum atomic E-state index is 0.579. The summed E-state index contributed by atoms with van der Waals surface area (Å²) in [4.78, 5) is 4.47. The van der Waals surface area contributed by atoms with Gasteiger partial charge in [-0.2, -0.15) is 16.6 Å². The zero-order valence-electron chi connectivity index (χ0n) is 9.63. The molecule has 0 amide bonds. The summed E-state index contributed by atoms with van der Waals surface area (Å²) in [6, 6.07) is 9.77. The van der Waals surface area contributed by atoms with Crippen molar-refractivity contribution in [1.82, 2.24) is 4.98 Å². The standard InChI is InChI=1S/C14H7ClN2S2/c15-11-1-2-13-12(6-11)17-14(19-13)10(7-16)5-9-3-4-18-8-9/h1-6,8H/b10-5-. The number of allylic oxidation sites excluding steroid dienone is 1. The van der Waals surface area contributed by atoms with E-state index in [0.717, 1.165) is 20.8 Å². The zero-order valence-corrected chi connectivity index (χ0v) is 12.0. The van der Waals surface area contributed by atoms with Crippen molar-refractivity contribution in [2.45, 2.75) is 0 Å². The molecule has 0 spiro atoms. The first-order chi connectivity index (χ1) is 9.26. The van der Waals surface area contributed by atoms with Crippen LogP contribution in [0, 0.1) is 11.3 Å². The molecule has 0 aliphatic heterocycles. The highest BCUT2D eigenvalue weighted by Gasteiger charge is 2.09. The molecule has 0 fully saturated rings. The van der Waals surface area contributed by atoms with Crippen molar-refractivity contribution < 1.29 is 0 Å². The predicted molar refractivity (Wildman–Crippen MR) is 82.4 cm³/mol. The van der Waals surface area contributed by atoms with E-state index in [-0.39, 0.29) is 0 Å². The number of nitriles is 1. The van der Waals surface area contributed by atoms with Gasteiger partial charge in [0.2, 0.25) is 0 Å². The monoisotopic (exact) mass is 302 g/mol. The van der Waals surface area contributed by atoms with Crippen molar-refractivity contribution in [2.75, 3.05) is 0 Å². The zero-order chi connectivity index (χ0) is 13.2. The Bertz CT molecular complexity index is 795. The van der Waals surface area contributed by atoms with Crippen LogP contribution in [-0.2, 0) is 0 Å². The summed E-state index contributed by atoms with van der Waals surface area (Å²) in [7, 11) is 0. The van der Waals surface area contributed by atoms with Gasteiger partial charge < -0.3 is 0 Å². The van der Waals surface area contributed by atoms with E-state index in [1.165, 1.54) is 11.3 Å². The maximum absolute atomic E-state index is 9.28. The average molecular weight is 303 g/mol. The van der Waals surface area contributed by atoms with E-state index in [1.807, 2.05) is 41.1 Å². The van der Waals surface area contributed by atoms with E-state index in [2.05, 4.69) is 11.1 Å². The lowest BCUT2D eigenvalue weighted by molar-refractivity contribution is 1.44. The van der Waals surface area contributed by atoms with Crippen molar-refractivity contribution in [3.63, 3.8) is 0 Å². The molecule has 0 atom stereocenters. The minimum Gasteiger partial charge on any atom is -0.235 e. The van der Waals surface area contributed by atoms with Crippen molar-refractivity contribution in [2.24, 2.45) is 0 Å². The lowest BCUT2D eigenvalue weighted by atomic mass is 10.2. The maximum atomic E-state index is 9.28. The number of aromatic nitrogens is 1. The van der Waals surface area contributed by atoms with E-state index in [1.54, 1.807) is 11.3 Å². The number of halogens is 1. The number of thiophene rings is 1. The SMILES string of the molecule is N#C/C(=C/c1ccsc1)c1nc2cc(Cl)ccc2s1. The molecule has 3 aromatic rings. The summed E-state index contributed by atoms with van der Waals surface area (Å²) in [5, 5.41) is 14.7. The third kappa shape index (κ3) is 2.54. The third-order valence-electron chi connectivity index (χ3n) is 2.55. The van der Waals surface area contributed by atoms with Crippen molar-refractivity contribution >= 4 is 56.1 Å². The second-order valence-electron chi connectivity index (χ2n) is 3.86. The highest BCUT2D eigenvalue weighted by Crippen LogP contribution is 2.29. The van der Waals surface area contributed by atoms with Gasteiger partial charge in [0.15, 0.2) is 0 Å². The smallest absolute Gasteiger partial charge is 0.135 e. The predicted octanol–water partition coefficient (Wildman–Crippen LogP) is 5.08. The van der Waals surface area contributed by atoms with E-state index in [0.29, 0.717) is 10.6 Å². The topological polar surface area (TPSA) is 36.7 Å². The molecule has 2 heterocycles. The van der Waals surface area contributed by atoms with Crippen LogP contribution in [-0.4, -0.2) is 4.98 Å². The summed E-state index contributed by atoms with van der Waals surface area (Å²) < 4.78 is 1.03. The Morgan fingerprint density at radius 1 is 1.37 bits per heavy atom. The Kier molecular flexibility index (Phi) is 3.34. The molecular weight excluding hydrogens is 296 g/mol. The molecule has 92 valence electrons. The Hall–Kier alpha value is -1.67. The highest BCUT2D eigenvalue weighted by atomic mass is 35.5. The fourth-order valence-corrected chi connectivity index (χ4v) is 3.38. The number of hydrogen-bond donors (Lipinski definition) is 0. The van der Waals surface area contributed by atoms with Gasteiger partial charge in [-0.25, -0.2) is 4.98 Å². The summed E-state index contributed by atoms with van der Waals surface area (Å²) in [5.74, 6) is 0. The largest absolute Gasteiger partial charge is 0.235 e. The van der Waals surface area contributed by atoms with Crippen LogP contribution in [0.3, 0.4) is 0 Å². The Morgan fingerprint density at radius 2 is 2.26 bits per heavy atom. The van der Waals surface area contributed by atoms with Gasteiger partial charge in [-0.05, 0) is 46.7 Å². The second kappa shape index (κ2) is 5.14. The summed E-state index contributed by atoms with van der Waals surface area (Å²) in [5.41, 5.74) is 2.44. The van der Waals surface area contributed by atoms with Crippen molar-refractivity contribution in [3.8, 4) is 6.07 Å². The molecule has 0 aliphatic carbocycles. The fraction of sp³-hybridized carbons (Fsp3) is 0. The van der Waals surface area contributed by atoms with Gasteiger partial charge >= 0.3 is 0 Å². The molecule has 1 aromatic carbocycles. The van der Waals surface area contributed by atoms with Crippen LogP contribution in [0.15, 0.2) is 35.0 Å². The average Bonchev–Trinajstić information content (AvgIpc) is 3.03. The lowest BCUT2D eigenvalue weighted by Crippen LogP contribution is -1.78. The van der Waals surface area contributed by atoms with Crippen molar-refractivity contribution in [3.05, 3.63) is 50.6 Å². The maximum Gasteiger partial charge on any atom is 0.135 e. The minimum absolute atomic E-state index is 0.579. The first-order valence-corrected chi connectivity index (χ1v) is 7.60. The molecule has 0 aliphatic rings. The molecule has 3 rings (SSSR count). The van der Waals surface area contributed by atoms with Crippen LogP contribution in [0.2, 0.25) is 5.02 Å². The van der Waals surface area contributed by atoms with Crippen molar-refractivity contribution in [1.29, 1.82) is 5.26 Å². The van der Waals surface area contributed by atoms with Gasteiger partial charge in [0, 0.05) is 5.02 Å².